The fourth-order valence-corrected chi connectivity index (χ4v) is 3.70. The molecule has 0 spiro atoms. The predicted molar refractivity (Wildman–Crippen MR) is 117 cm³/mol. The second-order valence-electron chi connectivity index (χ2n) is 7.69. The van der Waals surface area contributed by atoms with E-state index in [2.05, 4.69) is 16.7 Å². The Bertz CT molecular complexity index is 1030. The quantitative estimate of drug-likeness (QED) is 0.526. The lowest BCUT2D eigenvalue weighted by atomic mass is 9.90. The van der Waals surface area contributed by atoms with E-state index in [-0.39, 0.29) is 29.5 Å². The first kappa shape index (κ1) is 22.2. The number of nitrogens with one attached hydrogen (secondary N) is 2. The molecule has 0 unspecified atom stereocenters. The largest absolute Gasteiger partial charge is 0.457 e. The van der Waals surface area contributed by atoms with E-state index in [4.69, 9.17) is 4.74 Å². The fraction of sp³-hybridized carbons (Fsp3) is 0.333. The minimum Gasteiger partial charge on any atom is -0.457 e. The Labute approximate surface area is 181 Å². The van der Waals surface area contributed by atoms with Gasteiger partial charge in [0.1, 0.15) is 0 Å². The molecule has 2 aromatic carbocycles. The molecular weight excluding hydrogens is 396 g/mol. The maximum atomic E-state index is 12.6. The third kappa shape index (κ3) is 6.25. The van der Waals surface area contributed by atoms with Gasteiger partial charge in [0.25, 0.3) is 0 Å². The third-order valence-corrected chi connectivity index (χ3v) is 5.08. The Balaban J connectivity index is 1.63. The number of rotatable bonds is 7. The van der Waals surface area contributed by atoms with Gasteiger partial charge in [-0.3, -0.25) is 19.2 Å². The van der Waals surface area contributed by atoms with Gasteiger partial charge in [0.2, 0.25) is 17.6 Å². The Kier molecular flexibility index (Phi) is 7.18. The van der Waals surface area contributed by atoms with Gasteiger partial charge >= 0.3 is 5.97 Å². The number of carbonyl (C=O) groups is 4. The molecule has 7 heteroatoms. The van der Waals surface area contributed by atoms with Crippen LogP contribution in [0.5, 0.6) is 0 Å². The zero-order valence-electron chi connectivity index (χ0n) is 17.7. The summed E-state index contributed by atoms with van der Waals surface area (Å²) in [7, 11) is 0. The molecule has 0 bridgehead atoms. The predicted octanol–water partition coefficient (Wildman–Crippen LogP) is 3.45. The zero-order chi connectivity index (χ0) is 22.4. The molecule has 0 aliphatic heterocycles. The van der Waals surface area contributed by atoms with E-state index in [1.807, 2.05) is 12.1 Å². The van der Waals surface area contributed by atoms with Gasteiger partial charge < -0.3 is 15.4 Å². The minimum absolute atomic E-state index is 0.0978. The van der Waals surface area contributed by atoms with Crippen LogP contribution in [0.25, 0.3) is 0 Å². The van der Waals surface area contributed by atoms with E-state index in [1.165, 1.54) is 43.5 Å². The van der Waals surface area contributed by atoms with Crippen LogP contribution in [-0.2, 0) is 38.4 Å². The maximum Gasteiger partial charge on any atom is 0.310 e. The van der Waals surface area contributed by atoms with E-state index < -0.39 is 18.4 Å². The van der Waals surface area contributed by atoms with Crippen molar-refractivity contribution >= 4 is 34.9 Å². The number of carbonyl (C=O) groups excluding carboxylic acids is 4. The van der Waals surface area contributed by atoms with Crippen LogP contribution in [0.4, 0.5) is 11.4 Å². The first-order chi connectivity index (χ1) is 14.8. The van der Waals surface area contributed by atoms with Gasteiger partial charge in [-0.25, -0.2) is 0 Å². The molecule has 0 radical (unpaired) electrons. The molecule has 2 amide bonds. The highest BCUT2D eigenvalue weighted by molar-refractivity contribution is 6.06. The summed E-state index contributed by atoms with van der Waals surface area (Å²) >= 11 is 0. The van der Waals surface area contributed by atoms with E-state index in [9.17, 15) is 19.2 Å². The van der Waals surface area contributed by atoms with Crippen LogP contribution in [0.3, 0.4) is 0 Å². The van der Waals surface area contributed by atoms with Crippen molar-refractivity contribution in [1.82, 2.24) is 0 Å². The molecule has 0 atom stereocenters. The number of esters is 1. The summed E-state index contributed by atoms with van der Waals surface area (Å²) in [5.74, 6) is -1.57. The minimum atomic E-state index is -0.486. The van der Waals surface area contributed by atoms with E-state index >= 15 is 0 Å². The van der Waals surface area contributed by atoms with Gasteiger partial charge in [0, 0.05) is 25.1 Å². The summed E-state index contributed by atoms with van der Waals surface area (Å²) in [6.07, 6.45) is 4.55. The number of aryl methyl sites for hydroxylation is 2. The van der Waals surface area contributed by atoms with Crippen molar-refractivity contribution in [2.45, 2.75) is 46.0 Å². The van der Waals surface area contributed by atoms with Gasteiger partial charge in [-0.05, 0) is 60.6 Å². The van der Waals surface area contributed by atoms with Crippen LogP contribution >= 0.6 is 0 Å². The summed E-state index contributed by atoms with van der Waals surface area (Å²) < 4.78 is 5.19. The summed E-state index contributed by atoms with van der Waals surface area (Å²) in [4.78, 5) is 47.6. The first-order valence-electron chi connectivity index (χ1n) is 10.3. The zero-order valence-corrected chi connectivity index (χ0v) is 17.7. The molecule has 1 aliphatic rings. The fourth-order valence-electron chi connectivity index (χ4n) is 3.70. The molecule has 2 aromatic rings. The number of fused-ring (bicyclic) bond motifs is 1. The van der Waals surface area contributed by atoms with Crippen LogP contribution in [-0.4, -0.2) is 30.2 Å². The molecule has 3 rings (SSSR count). The SMILES string of the molecule is CC(=O)Nc1ccc(C(=O)COC(=O)Cc2ccc3c(c2)CCCC3)c(NC(C)=O)c1. The Morgan fingerprint density at radius 2 is 1.58 bits per heavy atom. The third-order valence-electron chi connectivity index (χ3n) is 5.08. The first-order valence-corrected chi connectivity index (χ1v) is 10.3. The molecule has 7 nitrogen and oxygen atoms in total. The number of hydrogen-bond acceptors (Lipinski definition) is 5. The van der Waals surface area contributed by atoms with E-state index in [0.29, 0.717) is 5.69 Å². The van der Waals surface area contributed by atoms with Gasteiger partial charge in [-0.15, -0.1) is 0 Å². The Morgan fingerprint density at radius 3 is 2.29 bits per heavy atom. The maximum absolute atomic E-state index is 12.6. The van der Waals surface area contributed by atoms with Crippen molar-refractivity contribution in [1.29, 1.82) is 0 Å². The molecule has 0 fully saturated rings. The molecule has 0 aromatic heterocycles. The average Bonchev–Trinajstić information content (AvgIpc) is 2.71. The average molecular weight is 422 g/mol. The van der Waals surface area contributed by atoms with Crippen molar-refractivity contribution in [3.8, 4) is 0 Å². The number of anilines is 2. The second kappa shape index (κ2) is 10.0. The number of amides is 2. The lowest BCUT2D eigenvalue weighted by Crippen LogP contribution is -2.18. The summed E-state index contributed by atoms with van der Waals surface area (Å²) in [5, 5.41) is 5.17. The lowest BCUT2D eigenvalue weighted by molar-refractivity contribution is -0.141. The molecule has 31 heavy (non-hydrogen) atoms. The van der Waals surface area contributed by atoms with E-state index in [1.54, 1.807) is 6.07 Å². The van der Waals surface area contributed by atoms with Crippen LogP contribution in [0.1, 0.15) is 53.7 Å². The Morgan fingerprint density at radius 1 is 0.871 bits per heavy atom. The normalized spacial score (nSPS) is 12.5. The molecule has 2 N–H and O–H groups in total. The van der Waals surface area contributed by atoms with Gasteiger partial charge in [-0.1, -0.05) is 18.2 Å². The summed E-state index contributed by atoms with van der Waals surface area (Å²) in [6, 6.07) is 10.6. The number of benzene rings is 2. The molecule has 162 valence electrons. The highest BCUT2D eigenvalue weighted by atomic mass is 16.5. The van der Waals surface area contributed by atoms with Crippen LogP contribution in [0.2, 0.25) is 0 Å². The number of Topliss-reactive ketones (excluding diaryl/α,β-unsaturated/α-hetero) is 1. The summed E-state index contributed by atoms with van der Waals surface area (Å²) in [6.45, 7) is 2.24. The molecule has 0 heterocycles. The lowest BCUT2D eigenvalue weighted by Gasteiger charge is -2.16. The Hall–Kier alpha value is -3.48. The summed E-state index contributed by atoms with van der Waals surface area (Å²) in [5.41, 5.74) is 4.38. The topological polar surface area (TPSA) is 102 Å². The van der Waals surface area contributed by atoms with Gasteiger partial charge in [0.05, 0.1) is 12.1 Å². The van der Waals surface area contributed by atoms with Crippen molar-refractivity contribution in [2.75, 3.05) is 17.2 Å². The van der Waals surface area contributed by atoms with Crippen LogP contribution < -0.4 is 10.6 Å². The standard InChI is InChI=1S/C24H26N2O5/c1-15(27)25-20-9-10-21(22(13-20)26-16(2)28)23(29)14-31-24(30)12-17-7-8-18-5-3-4-6-19(18)11-17/h7-11,13H,3-6,12,14H2,1-2H3,(H,25,27)(H,26,28). The number of ether oxygens (including phenoxy) is 1. The van der Waals surface area contributed by atoms with Crippen molar-refractivity contribution < 1.29 is 23.9 Å². The molecular formula is C24H26N2O5. The monoisotopic (exact) mass is 422 g/mol. The van der Waals surface area contributed by atoms with Gasteiger partial charge in [0.15, 0.2) is 6.61 Å². The smallest absolute Gasteiger partial charge is 0.310 e. The molecule has 0 saturated carbocycles. The van der Waals surface area contributed by atoms with Crippen molar-refractivity contribution in [3.63, 3.8) is 0 Å². The van der Waals surface area contributed by atoms with Crippen molar-refractivity contribution in [3.05, 3.63) is 58.7 Å². The molecule has 0 saturated heterocycles. The molecule has 1 aliphatic carbocycles. The van der Waals surface area contributed by atoms with Gasteiger partial charge in [-0.2, -0.15) is 0 Å². The van der Waals surface area contributed by atoms with Crippen molar-refractivity contribution in [2.24, 2.45) is 0 Å². The second-order valence-corrected chi connectivity index (χ2v) is 7.69. The van der Waals surface area contributed by atoms with Crippen LogP contribution in [0, 0.1) is 0 Å². The highest BCUT2D eigenvalue weighted by Crippen LogP contribution is 2.23. The number of hydrogen-bond donors (Lipinski definition) is 2. The highest BCUT2D eigenvalue weighted by Gasteiger charge is 2.17. The van der Waals surface area contributed by atoms with E-state index in [0.717, 1.165) is 24.8 Å². The number of ketones is 1. The van der Waals surface area contributed by atoms with Crippen LogP contribution in [0.15, 0.2) is 36.4 Å².